The summed E-state index contributed by atoms with van der Waals surface area (Å²) in [5.74, 6) is 0.996. The van der Waals surface area contributed by atoms with Gasteiger partial charge in [0.15, 0.2) is 0 Å². The van der Waals surface area contributed by atoms with E-state index in [-0.39, 0.29) is 30.5 Å². The van der Waals surface area contributed by atoms with Gasteiger partial charge in [-0.15, -0.1) is 0 Å². The number of alkyl halides is 3. The molecule has 1 aliphatic carbocycles. The first-order valence-corrected chi connectivity index (χ1v) is 15.8. The molecule has 2 fully saturated rings. The number of carbonyl (C=O) groups is 1. The smallest absolute Gasteiger partial charge is 0.416 e. The number of hydrogen-bond donors (Lipinski definition) is 2. The number of H-pyrrole nitrogens is 1. The van der Waals surface area contributed by atoms with Gasteiger partial charge < -0.3 is 24.6 Å². The van der Waals surface area contributed by atoms with Crippen LogP contribution in [0, 0.1) is 0 Å². The molecule has 1 saturated carbocycles. The molecule has 11 heteroatoms. The van der Waals surface area contributed by atoms with E-state index in [4.69, 9.17) is 4.74 Å². The third-order valence-electron chi connectivity index (χ3n) is 9.66. The number of carbonyl (C=O) groups excluding carboxylic acids is 1. The van der Waals surface area contributed by atoms with Gasteiger partial charge in [0, 0.05) is 57.2 Å². The van der Waals surface area contributed by atoms with Crippen molar-refractivity contribution in [2.75, 3.05) is 33.2 Å². The van der Waals surface area contributed by atoms with E-state index in [1.807, 2.05) is 43.1 Å². The fourth-order valence-corrected chi connectivity index (χ4v) is 6.63. The minimum Gasteiger partial charge on any atom is -0.457 e. The van der Waals surface area contributed by atoms with Crippen LogP contribution in [0.2, 0.25) is 0 Å². The molecule has 0 radical (unpaired) electrons. The predicted molar refractivity (Wildman–Crippen MR) is 167 cm³/mol. The summed E-state index contributed by atoms with van der Waals surface area (Å²) in [5, 5.41) is 11.3. The average Bonchev–Trinajstić information content (AvgIpc) is 3.60. The fourth-order valence-electron chi connectivity index (χ4n) is 6.63. The molecule has 0 spiro atoms. The Kier molecular flexibility index (Phi) is 7.81. The number of aromatic nitrogens is 2. The summed E-state index contributed by atoms with van der Waals surface area (Å²) in [6.07, 6.45) is -0.906. The number of fused-ring (bicyclic) bond motifs is 2. The third kappa shape index (κ3) is 6.23. The van der Waals surface area contributed by atoms with Gasteiger partial charge in [0.1, 0.15) is 22.7 Å². The molecule has 4 heterocycles. The fraction of sp³-hybridized carbons (Fsp3) is 0.429. The largest absolute Gasteiger partial charge is 0.457 e. The number of hydrogen-bond acceptors (Lipinski definition) is 6. The molecule has 2 aromatic carbocycles. The van der Waals surface area contributed by atoms with Crippen LogP contribution in [0.25, 0.3) is 11.0 Å². The third-order valence-corrected chi connectivity index (χ3v) is 9.66. The molecule has 242 valence electrons. The minimum atomic E-state index is -4.51. The van der Waals surface area contributed by atoms with Gasteiger partial charge in [-0.1, -0.05) is 18.2 Å². The Labute approximate surface area is 265 Å². The maximum absolute atomic E-state index is 14.2. The molecule has 2 aromatic heterocycles. The van der Waals surface area contributed by atoms with E-state index in [1.54, 1.807) is 23.2 Å². The van der Waals surface area contributed by atoms with E-state index in [2.05, 4.69) is 14.9 Å². The SMILES string of the molecule is C[C@@H]1Cc2ccc(Oc3ccnc4[nH]c(C5(O)CC5)cc34)cc2CN1C(=O)Cc1ccc(CN2CCN(C)CC2)c(C(F)(F)F)c1. The van der Waals surface area contributed by atoms with Gasteiger partial charge in [-0.2, -0.15) is 13.2 Å². The second-order valence-corrected chi connectivity index (χ2v) is 13.1. The van der Waals surface area contributed by atoms with E-state index in [1.165, 1.54) is 6.07 Å². The molecule has 1 saturated heterocycles. The van der Waals surface area contributed by atoms with Crippen molar-refractivity contribution in [3.05, 3.63) is 88.2 Å². The molecule has 4 aromatic rings. The van der Waals surface area contributed by atoms with Crippen LogP contribution in [-0.2, 0) is 42.5 Å². The van der Waals surface area contributed by atoms with Gasteiger partial charge in [-0.25, -0.2) is 4.98 Å². The standard InChI is InChI=1S/C35H38F3N5O3/c1-22-15-24-5-6-27(46-30-7-10-39-33-28(30)19-31(40-33)34(45)8-9-34)18-26(24)21-43(22)32(44)17-23-3-4-25(29(16-23)35(36,37)38)20-42-13-11-41(2)12-14-42/h3-7,10,16,18-19,22,45H,8-9,11-15,17,20-21H2,1-2H3,(H,39,40)/t22-/m1/s1. The molecule has 0 unspecified atom stereocenters. The highest BCUT2D eigenvalue weighted by molar-refractivity contribution is 5.84. The molecule has 1 atom stereocenters. The summed E-state index contributed by atoms with van der Waals surface area (Å²) in [6, 6.07) is 13.7. The summed E-state index contributed by atoms with van der Waals surface area (Å²) in [4.78, 5) is 27.1. The van der Waals surface area contributed by atoms with Crippen LogP contribution < -0.4 is 4.74 Å². The Bertz CT molecular complexity index is 1780. The number of piperazine rings is 1. The zero-order valence-electron chi connectivity index (χ0n) is 26.0. The van der Waals surface area contributed by atoms with Crippen molar-refractivity contribution in [3.63, 3.8) is 0 Å². The molecule has 0 bridgehead atoms. The maximum Gasteiger partial charge on any atom is 0.416 e. The van der Waals surface area contributed by atoms with Crippen molar-refractivity contribution in [2.45, 2.75) is 63.5 Å². The van der Waals surface area contributed by atoms with Crippen molar-refractivity contribution in [2.24, 2.45) is 0 Å². The molecule has 2 aliphatic heterocycles. The summed E-state index contributed by atoms with van der Waals surface area (Å²) >= 11 is 0. The van der Waals surface area contributed by atoms with E-state index in [0.717, 1.165) is 54.5 Å². The lowest BCUT2D eigenvalue weighted by atomic mass is 9.93. The van der Waals surface area contributed by atoms with Crippen LogP contribution in [0.5, 0.6) is 11.5 Å². The highest BCUT2D eigenvalue weighted by atomic mass is 19.4. The molecule has 1 amide bonds. The van der Waals surface area contributed by atoms with E-state index < -0.39 is 17.3 Å². The highest BCUT2D eigenvalue weighted by Gasteiger charge is 2.43. The Hall–Kier alpha value is -3.93. The molecular weight excluding hydrogens is 595 g/mol. The lowest BCUT2D eigenvalue weighted by Gasteiger charge is -2.35. The van der Waals surface area contributed by atoms with Crippen LogP contribution in [0.1, 0.15) is 53.3 Å². The van der Waals surface area contributed by atoms with Crippen molar-refractivity contribution < 1.29 is 27.8 Å². The maximum atomic E-state index is 14.2. The van der Waals surface area contributed by atoms with Crippen LogP contribution in [0.3, 0.4) is 0 Å². The zero-order valence-corrected chi connectivity index (χ0v) is 26.0. The van der Waals surface area contributed by atoms with Gasteiger partial charge in [-0.05, 0) is 85.8 Å². The Morgan fingerprint density at radius 2 is 1.85 bits per heavy atom. The number of benzene rings is 2. The second-order valence-electron chi connectivity index (χ2n) is 13.1. The number of rotatable bonds is 7. The summed E-state index contributed by atoms with van der Waals surface area (Å²) in [6.45, 7) is 5.64. The summed E-state index contributed by atoms with van der Waals surface area (Å²) in [5.41, 5.74) is 2.53. The van der Waals surface area contributed by atoms with Crippen molar-refractivity contribution in [3.8, 4) is 11.5 Å². The predicted octanol–water partition coefficient (Wildman–Crippen LogP) is 5.62. The van der Waals surface area contributed by atoms with Gasteiger partial charge in [0.2, 0.25) is 5.91 Å². The Morgan fingerprint density at radius 1 is 1.07 bits per heavy atom. The topological polar surface area (TPSA) is 84.9 Å². The molecule has 3 aliphatic rings. The molecular formula is C35H38F3N5O3. The van der Waals surface area contributed by atoms with Gasteiger partial charge in [0.05, 0.1) is 17.4 Å². The minimum absolute atomic E-state index is 0.100. The van der Waals surface area contributed by atoms with Gasteiger partial charge in [-0.3, -0.25) is 9.69 Å². The van der Waals surface area contributed by atoms with E-state index in [9.17, 15) is 23.1 Å². The van der Waals surface area contributed by atoms with Gasteiger partial charge >= 0.3 is 6.18 Å². The quantitative estimate of drug-likeness (QED) is 0.275. The van der Waals surface area contributed by atoms with E-state index >= 15 is 0 Å². The van der Waals surface area contributed by atoms with Gasteiger partial charge in [0.25, 0.3) is 0 Å². The van der Waals surface area contributed by atoms with E-state index in [0.29, 0.717) is 48.5 Å². The number of halogens is 3. The Balaban J connectivity index is 1.06. The number of ether oxygens (including phenoxy) is 1. The number of nitrogens with zero attached hydrogens (tertiary/aromatic N) is 4. The number of nitrogens with one attached hydrogen (secondary N) is 1. The van der Waals surface area contributed by atoms with Crippen LogP contribution >= 0.6 is 0 Å². The molecule has 2 N–H and O–H groups in total. The van der Waals surface area contributed by atoms with Crippen molar-refractivity contribution in [1.29, 1.82) is 0 Å². The average molecular weight is 634 g/mol. The number of aromatic amines is 1. The summed E-state index contributed by atoms with van der Waals surface area (Å²) < 4.78 is 48.7. The van der Waals surface area contributed by atoms with Crippen molar-refractivity contribution >= 4 is 16.9 Å². The highest BCUT2D eigenvalue weighted by Crippen LogP contribution is 2.46. The molecule has 8 nitrogen and oxygen atoms in total. The summed E-state index contributed by atoms with van der Waals surface area (Å²) in [7, 11) is 2.01. The second kappa shape index (κ2) is 11.7. The van der Waals surface area contributed by atoms with Crippen LogP contribution in [0.4, 0.5) is 13.2 Å². The lowest BCUT2D eigenvalue weighted by Crippen LogP contribution is -2.44. The van der Waals surface area contributed by atoms with Crippen molar-refractivity contribution in [1.82, 2.24) is 24.7 Å². The number of likely N-dealkylation sites (N-methyl/N-ethyl adjacent to an activating group) is 1. The van der Waals surface area contributed by atoms with Crippen LogP contribution in [-0.4, -0.2) is 74.9 Å². The first-order chi connectivity index (χ1) is 21.9. The first-order valence-electron chi connectivity index (χ1n) is 15.8. The number of pyridine rings is 1. The monoisotopic (exact) mass is 633 g/mol. The first kappa shape index (κ1) is 30.7. The number of amides is 1. The normalized spacial score (nSPS) is 20.1. The number of aliphatic hydroxyl groups is 1. The molecule has 46 heavy (non-hydrogen) atoms. The lowest BCUT2D eigenvalue weighted by molar-refractivity contribution is -0.139. The molecule has 7 rings (SSSR count). The Morgan fingerprint density at radius 3 is 2.59 bits per heavy atom. The zero-order chi connectivity index (χ0) is 32.2. The van der Waals surface area contributed by atoms with Crippen LogP contribution in [0.15, 0.2) is 54.7 Å².